The normalized spacial score (nSPS) is 19.0. The van der Waals surface area contributed by atoms with Gasteiger partial charge in [-0.2, -0.15) is 5.26 Å². The van der Waals surface area contributed by atoms with E-state index in [0.717, 1.165) is 24.1 Å². The molecule has 4 aromatic rings. The molecule has 0 amide bonds. The number of hydrogen-bond donors (Lipinski definition) is 3. The fraction of sp³-hybridized carbons (Fsp3) is 0.333. The van der Waals surface area contributed by atoms with Crippen LogP contribution in [0.1, 0.15) is 66.2 Å². The number of nitrogens with one attached hydrogen (secondary N) is 2. The van der Waals surface area contributed by atoms with Gasteiger partial charge >= 0.3 is 0 Å². The summed E-state index contributed by atoms with van der Waals surface area (Å²) in [7, 11) is 0. The molecule has 2 aromatic carbocycles. The van der Waals surface area contributed by atoms with Gasteiger partial charge in [-0.05, 0) is 73.4 Å². The number of nitrogens with two attached hydrogens (primary N) is 1. The molecule has 1 saturated carbocycles. The molecule has 34 heavy (non-hydrogen) atoms. The van der Waals surface area contributed by atoms with Crippen LogP contribution in [0.5, 0.6) is 0 Å². The SMILES string of the molecule is N#Cc1ccccc1C(CCNC1CCC(c2ccccc2)CC1)c1cc(N)nc2[nH]nnc12. The van der Waals surface area contributed by atoms with Crippen molar-refractivity contribution in [2.75, 3.05) is 12.3 Å². The first-order chi connectivity index (χ1) is 16.7. The Morgan fingerprint density at radius 3 is 2.59 bits per heavy atom. The van der Waals surface area contributed by atoms with Gasteiger partial charge in [-0.25, -0.2) is 10.1 Å². The average Bonchev–Trinajstić information content (AvgIpc) is 3.36. The molecule has 0 bridgehead atoms. The van der Waals surface area contributed by atoms with E-state index in [1.54, 1.807) is 0 Å². The Labute approximate surface area is 199 Å². The third-order valence-corrected chi connectivity index (χ3v) is 7.04. The number of rotatable bonds is 7. The lowest BCUT2D eigenvalue weighted by Gasteiger charge is -2.30. The van der Waals surface area contributed by atoms with Crippen LogP contribution < -0.4 is 11.1 Å². The van der Waals surface area contributed by atoms with Crippen molar-refractivity contribution in [1.29, 1.82) is 5.26 Å². The predicted octanol–water partition coefficient (Wildman–Crippen LogP) is 4.64. The summed E-state index contributed by atoms with van der Waals surface area (Å²) < 4.78 is 0. The molecular weight excluding hydrogens is 422 g/mol. The highest BCUT2D eigenvalue weighted by molar-refractivity contribution is 5.77. The van der Waals surface area contributed by atoms with E-state index in [0.29, 0.717) is 34.5 Å². The Balaban J connectivity index is 1.31. The molecule has 172 valence electrons. The quantitative estimate of drug-likeness (QED) is 0.377. The van der Waals surface area contributed by atoms with Crippen molar-refractivity contribution in [1.82, 2.24) is 25.7 Å². The van der Waals surface area contributed by atoms with Crippen molar-refractivity contribution < 1.29 is 0 Å². The van der Waals surface area contributed by atoms with E-state index in [1.165, 1.54) is 31.2 Å². The number of aromatic amines is 1. The third kappa shape index (κ3) is 4.63. The number of hydrogen-bond acceptors (Lipinski definition) is 6. The molecule has 1 aliphatic rings. The molecule has 7 heteroatoms. The minimum Gasteiger partial charge on any atom is -0.384 e. The van der Waals surface area contributed by atoms with Crippen LogP contribution >= 0.6 is 0 Å². The van der Waals surface area contributed by atoms with Gasteiger partial charge in [-0.1, -0.05) is 53.7 Å². The molecule has 7 nitrogen and oxygen atoms in total. The van der Waals surface area contributed by atoms with Gasteiger partial charge in [0.2, 0.25) is 0 Å². The van der Waals surface area contributed by atoms with Gasteiger partial charge in [0.25, 0.3) is 0 Å². The average molecular weight is 452 g/mol. The number of aromatic nitrogens is 4. The van der Waals surface area contributed by atoms with E-state index < -0.39 is 0 Å². The van der Waals surface area contributed by atoms with Crippen molar-refractivity contribution in [3.05, 3.63) is 82.9 Å². The number of H-pyrrole nitrogens is 1. The van der Waals surface area contributed by atoms with Crippen LogP contribution in [0, 0.1) is 11.3 Å². The van der Waals surface area contributed by atoms with Crippen LogP contribution in [0.4, 0.5) is 5.82 Å². The summed E-state index contributed by atoms with van der Waals surface area (Å²) in [4.78, 5) is 4.32. The summed E-state index contributed by atoms with van der Waals surface area (Å²) in [5.41, 5.74) is 11.4. The number of fused-ring (bicyclic) bond motifs is 1. The summed E-state index contributed by atoms with van der Waals surface area (Å²) in [6, 6.07) is 23.4. The zero-order valence-electron chi connectivity index (χ0n) is 19.1. The second-order valence-electron chi connectivity index (χ2n) is 9.10. The van der Waals surface area contributed by atoms with Gasteiger partial charge < -0.3 is 11.1 Å². The Morgan fingerprint density at radius 1 is 1.03 bits per heavy atom. The van der Waals surface area contributed by atoms with E-state index in [2.05, 4.69) is 62.1 Å². The molecule has 1 unspecified atom stereocenters. The minimum absolute atomic E-state index is 0.0399. The van der Waals surface area contributed by atoms with Crippen LogP contribution in [0.25, 0.3) is 11.2 Å². The first-order valence-corrected chi connectivity index (χ1v) is 12.0. The van der Waals surface area contributed by atoms with Crippen molar-refractivity contribution in [3.63, 3.8) is 0 Å². The van der Waals surface area contributed by atoms with Crippen LogP contribution in [0.15, 0.2) is 60.7 Å². The molecule has 2 aromatic heterocycles. The van der Waals surface area contributed by atoms with E-state index in [4.69, 9.17) is 5.73 Å². The molecule has 0 aliphatic heterocycles. The molecule has 0 saturated heterocycles. The highest BCUT2D eigenvalue weighted by Gasteiger charge is 2.25. The molecule has 0 radical (unpaired) electrons. The summed E-state index contributed by atoms with van der Waals surface area (Å²) in [6.45, 7) is 0.840. The molecule has 4 N–H and O–H groups in total. The maximum atomic E-state index is 9.75. The lowest BCUT2D eigenvalue weighted by Crippen LogP contribution is -2.34. The summed E-state index contributed by atoms with van der Waals surface area (Å²) in [5, 5.41) is 24.6. The number of nitrogen functional groups attached to an aromatic ring is 1. The summed E-state index contributed by atoms with van der Waals surface area (Å²) in [6.07, 6.45) is 5.60. The topological polar surface area (TPSA) is 116 Å². The minimum atomic E-state index is -0.0399. The zero-order chi connectivity index (χ0) is 23.3. The van der Waals surface area contributed by atoms with Crippen LogP contribution in [-0.4, -0.2) is 33.0 Å². The first kappa shape index (κ1) is 22.1. The van der Waals surface area contributed by atoms with Gasteiger partial charge in [-0.15, -0.1) is 5.10 Å². The Bertz CT molecular complexity index is 1280. The molecule has 5 rings (SSSR count). The van der Waals surface area contributed by atoms with Gasteiger partial charge in [0.05, 0.1) is 11.6 Å². The standard InChI is InChI=1S/C27H29N7/c28-17-20-8-4-5-9-22(20)23(24-16-25(29)31-27-26(24)32-34-33-27)14-15-30-21-12-10-19(11-13-21)18-6-2-1-3-7-18/h1-9,16,19,21,23,30H,10-15H2,(H3,29,31,32,33,34). The number of nitrogens with zero attached hydrogens (tertiary/aromatic N) is 4. The molecule has 1 aliphatic carbocycles. The maximum Gasteiger partial charge on any atom is 0.178 e. The smallest absolute Gasteiger partial charge is 0.178 e. The Morgan fingerprint density at radius 2 is 1.79 bits per heavy atom. The zero-order valence-corrected chi connectivity index (χ0v) is 19.1. The van der Waals surface area contributed by atoms with Crippen LogP contribution in [0.2, 0.25) is 0 Å². The summed E-state index contributed by atoms with van der Waals surface area (Å²) in [5.74, 6) is 1.04. The van der Waals surface area contributed by atoms with Crippen LogP contribution in [0.3, 0.4) is 0 Å². The molecular formula is C27H29N7. The fourth-order valence-electron chi connectivity index (χ4n) is 5.32. The van der Waals surface area contributed by atoms with Gasteiger partial charge in [0.15, 0.2) is 5.65 Å². The van der Waals surface area contributed by atoms with E-state index in [9.17, 15) is 5.26 Å². The lowest BCUT2D eigenvalue weighted by molar-refractivity contribution is 0.340. The summed E-state index contributed by atoms with van der Waals surface area (Å²) >= 11 is 0. The fourth-order valence-corrected chi connectivity index (χ4v) is 5.32. The number of pyridine rings is 1. The monoisotopic (exact) mass is 451 g/mol. The second kappa shape index (κ2) is 10.0. The van der Waals surface area contributed by atoms with Crippen molar-refractivity contribution in [2.45, 2.75) is 50.0 Å². The maximum absolute atomic E-state index is 9.75. The Kier molecular flexibility index (Phi) is 6.50. The van der Waals surface area contributed by atoms with Crippen molar-refractivity contribution in [3.8, 4) is 6.07 Å². The Hall–Kier alpha value is -3.76. The number of nitriles is 1. The molecule has 1 fully saturated rings. The first-order valence-electron chi connectivity index (χ1n) is 12.0. The van der Waals surface area contributed by atoms with Gasteiger partial charge in [-0.3, -0.25) is 0 Å². The van der Waals surface area contributed by atoms with Gasteiger partial charge in [0, 0.05) is 12.0 Å². The largest absolute Gasteiger partial charge is 0.384 e. The predicted molar refractivity (Wildman–Crippen MR) is 133 cm³/mol. The van der Waals surface area contributed by atoms with E-state index in [1.807, 2.05) is 30.3 Å². The molecule has 1 atom stereocenters. The molecule has 2 heterocycles. The van der Waals surface area contributed by atoms with Crippen molar-refractivity contribution in [2.24, 2.45) is 0 Å². The number of benzene rings is 2. The number of anilines is 1. The molecule has 0 spiro atoms. The van der Waals surface area contributed by atoms with Crippen LogP contribution in [-0.2, 0) is 0 Å². The van der Waals surface area contributed by atoms with E-state index in [-0.39, 0.29) is 5.92 Å². The third-order valence-electron chi connectivity index (χ3n) is 7.04. The second-order valence-corrected chi connectivity index (χ2v) is 9.10. The van der Waals surface area contributed by atoms with Crippen molar-refractivity contribution >= 4 is 17.0 Å². The highest BCUT2D eigenvalue weighted by Crippen LogP contribution is 2.35. The highest BCUT2D eigenvalue weighted by atomic mass is 15.3. The van der Waals surface area contributed by atoms with E-state index >= 15 is 0 Å². The lowest BCUT2D eigenvalue weighted by atomic mass is 9.81. The van der Waals surface area contributed by atoms with Gasteiger partial charge in [0.1, 0.15) is 11.3 Å².